The van der Waals surface area contributed by atoms with E-state index in [1.54, 1.807) is 0 Å². The van der Waals surface area contributed by atoms with Crippen LogP contribution in [0.2, 0.25) is 0 Å². The summed E-state index contributed by atoms with van der Waals surface area (Å²) in [7, 11) is 0. The molecule has 4 aliphatic rings. The molecule has 0 aromatic carbocycles. The average molecular weight is 342 g/mol. The van der Waals surface area contributed by atoms with Crippen molar-refractivity contribution in [1.29, 1.82) is 10.5 Å². The summed E-state index contributed by atoms with van der Waals surface area (Å²) in [5.41, 5.74) is 0.926. The monoisotopic (exact) mass is 342 g/mol. The SMILES string of the molecule is N#CC(C#N)=C1c2sc(=S)sc2C(=O)C2C1[C@@H]1C=C[C@H]2CC1. The number of fused-ring (bicyclic) bond motifs is 2. The van der Waals surface area contributed by atoms with Gasteiger partial charge in [0.15, 0.2) is 5.78 Å². The summed E-state index contributed by atoms with van der Waals surface area (Å²) < 4.78 is 0.685. The van der Waals surface area contributed by atoms with Gasteiger partial charge in [-0.2, -0.15) is 10.5 Å². The fourth-order valence-corrected chi connectivity index (χ4v) is 6.82. The van der Waals surface area contributed by atoms with Gasteiger partial charge in [-0.15, -0.1) is 22.7 Å². The highest BCUT2D eigenvalue weighted by molar-refractivity contribution is 7.76. The largest absolute Gasteiger partial charge is 0.293 e. The molecule has 0 N–H and O–H groups in total. The molecular formula is C16H10N2OS3. The summed E-state index contributed by atoms with van der Waals surface area (Å²) in [5.74, 6) is 0.487. The van der Waals surface area contributed by atoms with E-state index < -0.39 is 0 Å². The lowest BCUT2D eigenvalue weighted by molar-refractivity contribution is 0.0739. The number of rotatable bonds is 0. The highest BCUT2D eigenvalue weighted by atomic mass is 32.2. The third-order valence-electron chi connectivity index (χ3n) is 4.92. The lowest BCUT2D eigenvalue weighted by Gasteiger charge is -2.47. The van der Waals surface area contributed by atoms with Gasteiger partial charge in [0.2, 0.25) is 0 Å². The minimum absolute atomic E-state index is 0.0294. The second-order valence-corrected chi connectivity index (χ2v) is 9.06. The smallest absolute Gasteiger partial charge is 0.178 e. The summed E-state index contributed by atoms with van der Waals surface area (Å²) in [6, 6.07) is 4.08. The van der Waals surface area contributed by atoms with Crippen LogP contribution in [-0.4, -0.2) is 5.78 Å². The van der Waals surface area contributed by atoms with Crippen molar-refractivity contribution in [2.45, 2.75) is 12.8 Å². The van der Waals surface area contributed by atoms with Gasteiger partial charge >= 0.3 is 0 Å². The number of carbonyl (C=O) groups is 1. The maximum atomic E-state index is 12.9. The van der Waals surface area contributed by atoms with E-state index in [0.29, 0.717) is 8.01 Å². The average Bonchev–Trinajstić information content (AvgIpc) is 2.94. The molecule has 1 saturated carbocycles. The predicted octanol–water partition coefficient (Wildman–Crippen LogP) is 4.36. The Labute approximate surface area is 140 Å². The summed E-state index contributed by atoms with van der Waals surface area (Å²) in [6.45, 7) is 0. The molecule has 0 amide bonds. The number of carbonyl (C=O) groups excluding carboxylic acids is 1. The number of hydrogen-bond donors (Lipinski definition) is 0. The van der Waals surface area contributed by atoms with E-state index in [9.17, 15) is 15.3 Å². The van der Waals surface area contributed by atoms with Gasteiger partial charge < -0.3 is 0 Å². The normalized spacial score (nSPS) is 31.2. The molecule has 6 heteroatoms. The van der Waals surface area contributed by atoms with Crippen LogP contribution in [0.1, 0.15) is 27.4 Å². The first-order chi connectivity index (χ1) is 10.7. The van der Waals surface area contributed by atoms with E-state index in [-0.39, 0.29) is 35.0 Å². The molecule has 1 aromatic heterocycles. The van der Waals surface area contributed by atoms with Crippen molar-refractivity contribution < 1.29 is 4.79 Å². The van der Waals surface area contributed by atoms with E-state index in [0.717, 1.165) is 23.3 Å². The number of nitrogens with zero attached hydrogens (tertiary/aromatic N) is 2. The molecule has 0 radical (unpaired) electrons. The second kappa shape index (κ2) is 4.96. The van der Waals surface area contributed by atoms with Crippen LogP contribution in [0.4, 0.5) is 0 Å². The molecule has 5 rings (SSSR count). The molecule has 0 saturated heterocycles. The van der Waals surface area contributed by atoms with Gasteiger partial charge in [-0.05, 0) is 24.7 Å². The van der Waals surface area contributed by atoms with E-state index in [1.165, 1.54) is 22.7 Å². The van der Waals surface area contributed by atoms with Crippen LogP contribution in [0.3, 0.4) is 0 Å². The Morgan fingerprint density at radius 1 is 1.09 bits per heavy atom. The van der Waals surface area contributed by atoms with Crippen molar-refractivity contribution in [3.05, 3.63) is 30.6 Å². The summed E-state index contributed by atoms with van der Waals surface area (Å²) in [5, 5.41) is 18.8. The molecule has 4 aliphatic carbocycles. The van der Waals surface area contributed by atoms with Crippen LogP contribution < -0.4 is 0 Å². The molecule has 4 atom stereocenters. The maximum absolute atomic E-state index is 12.9. The highest BCUT2D eigenvalue weighted by Crippen LogP contribution is 2.57. The maximum Gasteiger partial charge on any atom is 0.178 e. The predicted molar refractivity (Wildman–Crippen MR) is 87.8 cm³/mol. The number of Topliss-reactive ketones (excluding diaryl/α,β-unsaturated/α-hetero) is 1. The molecule has 0 aliphatic heterocycles. The van der Waals surface area contributed by atoms with Gasteiger partial charge in [-0.3, -0.25) is 4.79 Å². The van der Waals surface area contributed by atoms with Crippen molar-refractivity contribution in [2.24, 2.45) is 23.7 Å². The van der Waals surface area contributed by atoms with E-state index in [2.05, 4.69) is 12.2 Å². The summed E-state index contributed by atoms with van der Waals surface area (Å²) in [4.78, 5) is 14.4. The molecule has 2 unspecified atom stereocenters. The minimum Gasteiger partial charge on any atom is -0.293 e. The van der Waals surface area contributed by atoms with Crippen molar-refractivity contribution in [2.75, 3.05) is 0 Å². The summed E-state index contributed by atoms with van der Waals surface area (Å²) >= 11 is 7.97. The lowest BCUT2D eigenvalue weighted by Crippen LogP contribution is -2.44. The van der Waals surface area contributed by atoms with Crippen molar-refractivity contribution in [1.82, 2.24) is 0 Å². The van der Waals surface area contributed by atoms with E-state index in [4.69, 9.17) is 12.2 Å². The second-order valence-electron chi connectivity index (χ2n) is 5.83. The fraction of sp³-hybridized carbons (Fsp3) is 0.375. The lowest BCUT2D eigenvalue weighted by atomic mass is 9.56. The quantitative estimate of drug-likeness (QED) is 0.399. The number of ketones is 1. The van der Waals surface area contributed by atoms with Gasteiger partial charge in [0.25, 0.3) is 0 Å². The molecule has 2 bridgehead atoms. The van der Waals surface area contributed by atoms with Crippen LogP contribution in [0.25, 0.3) is 5.57 Å². The van der Waals surface area contributed by atoms with Crippen LogP contribution in [0.15, 0.2) is 17.7 Å². The van der Waals surface area contributed by atoms with Gasteiger partial charge in [-0.1, -0.05) is 24.4 Å². The molecule has 108 valence electrons. The molecule has 3 nitrogen and oxygen atoms in total. The Morgan fingerprint density at radius 2 is 1.68 bits per heavy atom. The highest BCUT2D eigenvalue weighted by Gasteiger charge is 2.51. The third-order valence-corrected chi connectivity index (χ3v) is 7.62. The first kappa shape index (κ1) is 14.0. The van der Waals surface area contributed by atoms with Gasteiger partial charge in [-0.25, -0.2) is 0 Å². The van der Waals surface area contributed by atoms with Crippen LogP contribution >= 0.6 is 34.9 Å². The number of nitriles is 2. The third kappa shape index (κ3) is 1.75. The zero-order valence-electron chi connectivity index (χ0n) is 11.4. The molecular weight excluding hydrogens is 332 g/mol. The molecule has 22 heavy (non-hydrogen) atoms. The first-order valence-electron chi connectivity index (χ1n) is 7.07. The van der Waals surface area contributed by atoms with Crippen molar-refractivity contribution in [3.8, 4) is 12.1 Å². The van der Waals surface area contributed by atoms with Gasteiger partial charge in [0, 0.05) is 17.4 Å². The van der Waals surface area contributed by atoms with E-state index >= 15 is 0 Å². The number of allylic oxidation sites excluding steroid dienone is 4. The van der Waals surface area contributed by atoms with Crippen molar-refractivity contribution in [3.63, 3.8) is 0 Å². The Kier molecular flexibility index (Phi) is 3.16. The standard InChI is InChI=1S/C16H10N2OS3/c17-5-9(6-18)12-10-7-1-3-8(4-2-7)11(10)13(19)15-14(12)21-16(20)22-15/h1,3,7-8,10-11H,2,4H2/t7-,8+,10?,11?/m1/s1. The molecule has 1 heterocycles. The van der Waals surface area contributed by atoms with Gasteiger partial charge in [0.05, 0.1) is 9.75 Å². The Morgan fingerprint density at radius 3 is 2.27 bits per heavy atom. The van der Waals surface area contributed by atoms with Crippen LogP contribution in [0.5, 0.6) is 0 Å². The Hall–Kier alpha value is -1.60. The van der Waals surface area contributed by atoms with Crippen LogP contribution in [-0.2, 0) is 0 Å². The Balaban J connectivity index is 2.06. The van der Waals surface area contributed by atoms with Gasteiger partial charge in [0.1, 0.15) is 20.8 Å². The minimum atomic E-state index is -0.122. The molecule has 1 aromatic rings. The topological polar surface area (TPSA) is 64.7 Å². The number of hydrogen-bond acceptors (Lipinski definition) is 6. The first-order valence-corrected chi connectivity index (χ1v) is 9.11. The Bertz CT molecular complexity index is 874. The molecule has 1 fully saturated rings. The summed E-state index contributed by atoms with van der Waals surface area (Å²) in [6.07, 6.45) is 6.36. The zero-order chi connectivity index (χ0) is 15.4. The van der Waals surface area contributed by atoms with Crippen molar-refractivity contribution >= 4 is 46.2 Å². The van der Waals surface area contributed by atoms with E-state index in [1.807, 2.05) is 12.1 Å². The molecule has 0 spiro atoms. The fourth-order valence-electron chi connectivity index (χ4n) is 4.09. The zero-order valence-corrected chi connectivity index (χ0v) is 13.9. The van der Waals surface area contributed by atoms with Crippen LogP contribution in [0, 0.1) is 49.5 Å².